The van der Waals surface area contributed by atoms with Crippen molar-refractivity contribution >= 4 is 21.6 Å². The van der Waals surface area contributed by atoms with Crippen molar-refractivity contribution in [3.63, 3.8) is 0 Å². The summed E-state index contributed by atoms with van der Waals surface area (Å²) in [5.41, 5.74) is -0.257. The highest BCUT2D eigenvalue weighted by atomic mass is 35.5. The number of rotatable bonds is 6. The molecule has 0 atom stereocenters. The molecule has 2 N–H and O–H groups in total. The Morgan fingerprint density at radius 3 is 2.73 bits per heavy atom. The van der Waals surface area contributed by atoms with E-state index in [1.54, 1.807) is 7.11 Å². The molecule has 8 heteroatoms. The lowest BCUT2D eigenvalue weighted by Gasteiger charge is -2.37. The molecule has 0 aromatic heterocycles. The van der Waals surface area contributed by atoms with Gasteiger partial charge in [-0.15, -0.1) is 0 Å². The van der Waals surface area contributed by atoms with E-state index < -0.39 is 15.8 Å². The van der Waals surface area contributed by atoms with Gasteiger partial charge in [0.1, 0.15) is 10.7 Å². The third-order valence-corrected chi connectivity index (χ3v) is 5.82. The molecule has 0 unspecified atom stereocenters. The third-order valence-electron chi connectivity index (χ3n) is 3.93. The number of sulfonamides is 1. The number of methoxy groups -OCH3 is 1. The van der Waals surface area contributed by atoms with Crippen LogP contribution in [0, 0.1) is 11.2 Å². The van der Waals surface area contributed by atoms with Gasteiger partial charge in [0.15, 0.2) is 0 Å². The minimum atomic E-state index is -3.87. The third kappa shape index (κ3) is 4.17. The van der Waals surface area contributed by atoms with Gasteiger partial charge >= 0.3 is 0 Å². The highest BCUT2D eigenvalue weighted by molar-refractivity contribution is 7.89. The number of benzene rings is 1. The first-order valence-electron chi connectivity index (χ1n) is 7.03. The van der Waals surface area contributed by atoms with Crippen LogP contribution in [-0.2, 0) is 14.8 Å². The summed E-state index contributed by atoms with van der Waals surface area (Å²) in [5, 5.41) is 3.24. The maximum Gasteiger partial charge on any atom is 0.242 e. The molecule has 0 saturated carbocycles. The molecule has 1 saturated heterocycles. The Morgan fingerprint density at radius 2 is 2.09 bits per heavy atom. The van der Waals surface area contributed by atoms with Crippen LogP contribution < -0.4 is 10.0 Å². The van der Waals surface area contributed by atoms with Crippen LogP contribution in [0.25, 0.3) is 0 Å². The van der Waals surface area contributed by atoms with Crippen LogP contribution in [0.2, 0.25) is 5.02 Å². The lowest BCUT2D eigenvalue weighted by Crippen LogP contribution is -2.47. The number of nitrogens with one attached hydrogen (secondary N) is 2. The maximum atomic E-state index is 13.3. The summed E-state index contributed by atoms with van der Waals surface area (Å²) in [6.45, 7) is 2.32. The summed E-state index contributed by atoms with van der Waals surface area (Å²) in [4.78, 5) is -0.240. The molecular formula is C14H20ClFN2O3S. The van der Waals surface area contributed by atoms with Gasteiger partial charge in [0, 0.05) is 19.1 Å². The molecule has 5 nitrogen and oxygen atoms in total. The quantitative estimate of drug-likeness (QED) is 0.820. The minimum absolute atomic E-state index is 0.00000218. The molecule has 1 aliphatic rings. The molecule has 0 bridgehead atoms. The van der Waals surface area contributed by atoms with Crippen LogP contribution in [0.5, 0.6) is 0 Å². The Morgan fingerprint density at radius 1 is 1.41 bits per heavy atom. The number of halogens is 2. The van der Waals surface area contributed by atoms with Crippen molar-refractivity contribution in [2.75, 3.05) is 33.4 Å². The van der Waals surface area contributed by atoms with E-state index in [9.17, 15) is 12.8 Å². The van der Waals surface area contributed by atoms with Gasteiger partial charge in [-0.2, -0.15) is 0 Å². The fraction of sp³-hybridized carbons (Fsp3) is 0.571. The molecule has 0 spiro atoms. The monoisotopic (exact) mass is 350 g/mol. The van der Waals surface area contributed by atoms with Crippen LogP contribution in [0.4, 0.5) is 4.39 Å². The lowest BCUT2D eigenvalue weighted by molar-refractivity contribution is 0.0577. The highest BCUT2D eigenvalue weighted by Crippen LogP contribution is 2.29. The van der Waals surface area contributed by atoms with Gasteiger partial charge in [-0.05, 0) is 44.1 Å². The predicted octanol–water partition coefficient (Wildman–Crippen LogP) is 1.77. The Bertz CT molecular complexity index is 613. The van der Waals surface area contributed by atoms with E-state index >= 15 is 0 Å². The Balaban J connectivity index is 2.15. The van der Waals surface area contributed by atoms with Crippen molar-refractivity contribution in [1.29, 1.82) is 0 Å². The summed E-state index contributed by atoms with van der Waals surface area (Å²) in [7, 11) is -2.27. The fourth-order valence-electron chi connectivity index (χ4n) is 2.64. The topological polar surface area (TPSA) is 67.4 Å². The normalized spacial score (nSPS) is 18.3. The molecule has 0 radical (unpaired) electrons. The Labute approximate surface area is 135 Å². The summed E-state index contributed by atoms with van der Waals surface area (Å²) in [6.07, 6.45) is 1.61. The van der Waals surface area contributed by atoms with Crippen molar-refractivity contribution in [1.82, 2.24) is 10.0 Å². The van der Waals surface area contributed by atoms with Gasteiger partial charge < -0.3 is 10.1 Å². The van der Waals surface area contributed by atoms with E-state index in [1.165, 1.54) is 6.07 Å². The van der Waals surface area contributed by atoms with Crippen LogP contribution in [-0.4, -0.2) is 41.8 Å². The van der Waals surface area contributed by atoms with Gasteiger partial charge in [0.05, 0.1) is 11.6 Å². The SMILES string of the molecule is COCC1(CNS(=O)(=O)c2cc(F)ccc2Cl)CCNCC1. The number of ether oxygens (including phenoxy) is 1. The lowest BCUT2D eigenvalue weighted by atomic mass is 9.80. The van der Waals surface area contributed by atoms with E-state index in [-0.39, 0.29) is 21.9 Å². The molecule has 1 fully saturated rings. The molecule has 0 aliphatic carbocycles. The molecule has 1 aromatic rings. The second-order valence-corrected chi connectivity index (χ2v) is 7.72. The predicted molar refractivity (Wildman–Crippen MR) is 83.0 cm³/mol. The van der Waals surface area contributed by atoms with Gasteiger partial charge in [0.2, 0.25) is 10.0 Å². The zero-order chi connectivity index (χ0) is 16.2. The van der Waals surface area contributed by atoms with Crippen LogP contribution >= 0.6 is 11.6 Å². The van der Waals surface area contributed by atoms with Gasteiger partial charge in [-0.1, -0.05) is 11.6 Å². The van der Waals surface area contributed by atoms with Crippen molar-refractivity contribution in [3.05, 3.63) is 29.0 Å². The largest absolute Gasteiger partial charge is 0.384 e. The minimum Gasteiger partial charge on any atom is -0.384 e. The van der Waals surface area contributed by atoms with Crippen molar-refractivity contribution < 1.29 is 17.5 Å². The number of hydrogen-bond donors (Lipinski definition) is 2. The molecule has 22 heavy (non-hydrogen) atoms. The first-order valence-corrected chi connectivity index (χ1v) is 8.89. The zero-order valence-corrected chi connectivity index (χ0v) is 13.9. The smallest absolute Gasteiger partial charge is 0.242 e. The van der Waals surface area contributed by atoms with E-state index in [2.05, 4.69) is 10.0 Å². The molecule has 124 valence electrons. The van der Waals surface area contributed by atoms with E-state index in [0.29, 0.717) is 6.61 Å². The number of piperidine rings is 1. The summed E-state index contributed by atoms with van der Waals surface area (Å²) in [6, 6.07) is 3.29. The maximum absolute atomic E-state index is 13.3. The van der Waals surface area contributed by atoms with Crippen molar-refractivity contribution in [2.45, 2.75) is 17.7 Å². The summed E-state index contributed by atoms with van der Waals surface area (Å²) < 4.78 is 45.8. The first kappa shape index (κ1) is 17.6. The number of hydrogen-bond acceptors (Lipinski definition) is 4. The summed E-state index contributed by atoms with van der Waals surface area (Å²) >= 11 is 5.88. The van der Waals surface area contributed by atoms with Crippen LogP contribution in [0.15, 0.2) is 23.1 Å². The second kappa shape index (κ2) is 7.23. The van der Waals surface area contributed by atoms with Crippen molar-refractivity contribution in [2.24, 2.45) is 5.41 Å². The van der Waals surface area contributed by atoms with Crippen molar-refractivity contribution in [3.8, 4) is 0 Å². The van der Waals surface area contributed by atoms with E-state index in [4.69, 9.17) is 16.3 Å². The molecule has 2 rings (SSSR count). The molecular weight excluding hydrogens is 331 g/mol. The Hall–Kier alpha value is -0.730. The Kier molecular flexibility index (Phi) is 5.79. The fourth-order valence-corrected chi connectivity index (χ4v) is 4.31. The second-order valence-electron chi connectivity index (χ2n) is 5.58. The van der Waals surface area contributed by atoms with Gasteiger partial charge in [0.25, 0.3) is 0 Å². The van der Waals surface area contributed by atoms with Gasteiger partial charge in [-0.25, -0.2) is 17.5 Å². The zero-order valence-electron chi connectivity index (χ0n) is 12.4. The molecule has 1 aliphatic heterocycles. The molecule has 1 aromatic carbocycles. The van der Waals surface area contributed by atoms with E-state index in [0.717, 1.165) is 38.1 Å². The summed E-state index contributed by atoms with van der Waals surface area (Å²) in [5.74, 6) is -0.641. The van der Waals surface area contributed by atoms with Crippen LogP contribution in [0.1, 0.15) is 12.8 Å². The standard InChI is InChI=1S/C14H20ClFN2O3S/c1-21-10-14(4-6-17-7-5-14)9-18-22(19,20)13-8-11(16)2-3-12(13)15/h2-3,8,17-18H,4-7,9-10H2,1H3. The van der Waals surface area contributed by atoms with Gasteiger partial charge in [-0.3, -0.25) is 0 Å². The highest BCUT2D eigenvalue weighted by Gasteiger charge is 2.34. The molecule has 0 amide bonds. The van der Waals surface area contributed by atoms with Crippen LogP contribution in [0.3, 0.4) is 0 Å². The average molecular weight is 351 g/mol. The molecule has 1 heterocycles. The first-order chi connectivity index (χ1) is 10.4. The average Bonchev–Trinajstić information content (AvgIpc) is 2.49. The van der Waals surface area contributed by atoms with E-state index in [1.807, 2.05) is 0 Å².